The van der Waals surface area contributed by atoms with Gasteiger partial charge in [0.05, 0.1) is 11.6 Å². The van der Waals surface area contributed by atoms with E-state index in [9.17, 15) is 5.11 Å². The van der Waals surface area contributed by atoms with Crippen LogP contribution in [0, 0.1) is 0 Å². The summed E-state index contributed by atoms with van der Waals surface area (Å²) in [7, 11) is 0. The summed E-state index contributed by atoms with van der Waals surface area (Å²) >= 11 is 0. The summed E-state index contributed by atoms with van der Waals surface area (Å²) < 4.78 is 0. The second-order valence-corrected chi connectivity index (χ2v) is 5.26. The molecule has 1 saturated heterocycles. The molecule has 2 heterocycles. The largest absolute Gasteiger partial charge is 0.392 e. The number of nitrogen functional groups attached to an aromatic ring is 1. The average molecular weight is 257 g/mol. The van der Waals surface area contributed by atoms with Crippen molar-refractivity contribution in [3.05, 3.63) is 35.9 Å². The number of rotatable bonds is 2. The molecule has 3 N–H and O–H groups in total. The molecule has 1 unspecified atom stereocenters. The topological polar surface area (TPSA) is 62.4 Å². The molecule has 4 nitrogen and oxygen atoms in total. The van der Waals surface area contributed by atoms with Crippen molar-refractivity contribution in [3.63, 3.8) is 0 Å². The van der Waals surface area contributed by atoms with Crippen molar-refractivity contribution in [1.29, 1.82) is 0 Å². The number of fused-ring (bicyclic) bond motifs is 1. The monoisotopic (exact) mass is 257 g/mol. The fourth-order valence-corrected chi connectivity index (χ4v) is 2.72. The van der Waals surface area contributed by atoms with Crippen LogP contribution in [0.15, 0.2) is 30.3 Å². The Morgan fingerprint density at radius 3 is 3.05 bits per heavy atom. The van der Waals surface area contributed by atoms with E-state index < -0.39 is 0 Å². The van der Waals surface area contributed by atoms with Gasteiger partial charge in [0.1, 0.15) is 5.82 Å². The third-order valence-electron chi connectivity index (χ3n) is 3.71. The number of aliphatic hydroxyl groups is 1. The molecule has 1 aromatic heterocycles. The van der Waals surface area contributed by atoms with Crippen LogP contribution in [0.3, 0.4) is 0 Å². The Hall–Kier alpha value is -1.65. The van der Waals surface area contributed by atoms with E-state index in [4.69, 9.17) is 5.73 Å². The number of aliphatic hydroxyl groups excluding tert-OH is 1. The summed E-state index contributed by atoms with van der Waals surface area (Å²) in [6.07, 6.45) is 1.74. The number of nitrogens with zero attached hydrogens (tertiary/aromatic N) is 2. The van der Waals surface area contributed by atoms with Crippen molar-refractivity contribution in [2.45, 2.75) is 25.5 Å². The molecule has 1 aromatic carbocycles. The van der Waals surface area contributed by atoms with E-state index in [0.29, 0.717) is 5.82 Å². The van der Waals surface area contributed by atoms with Crippen LogP contribution in [0.2, 0.25) is 0 Å². The second-order valence-electron chi connectivity index (χ2n) is 5.26. The molecule has 4 heteroatoms. The zero-order valence-electron chi connectivity index (χ0n) is 10.9. The molecule has 1 aliphatic heterocycles. The third kappa shape index (κ3) is 2.69. The molecule has 1 fully saturated rings. The minimum absolute atomic E-state index is 0.205. The highest BCUT2D eigenvalue weighted by atomic mass is 16.3. The quantitative estimate of drug-likeness (QED) is 0.860. The van der Waals surface area contributed by atoms with Crippen LogP contribution in [0.25, 0.3) is 10.9 Å². The van der Waals surface area contributed by atoms with Gasteiger partial charge in [-0.2, -0.15) is 0 Å². The van der Waals surface area contributed by atoms with Crippen LogP contribution in [0.4, 0.5) is 5.82 Å². The Balaban J connectivity index is 1.85. The van der Waals surface area contributed by atoms with Gasteiger partial charge in [-0.05, 0) is 31.5 Å². The zero-order valence-corrected chi connectivity index (χ0v) is 10.9. The first-order valence-corrected chi connectivity index (χ1v) is 6.77. The maximum atomic E-state index is 9.71. The molecule has 3 rings (SSSR count). The molecule has 2 aromatic rings. The molecular formula is C15H19N3O. The van der Waals surface area contributed by atoms with E-state index >= 15 is 0 Å². The fraction of sp³-hybridized carbons (Fsp3) is 0.400. The first-order chi connectivity index (χ1) is 9.22. The van der Waals surface area contributed by atoms with E-state index in [-0.39, 0.29) is 6.10 Å². The molecule has 100 valence electrons. The van der Waals surface area contributed by atoms with Crippen LogP contribution >= 0.6 is 0 Å². The number of para-hydroxylation sites is 1. The molecule has 0 bridgehead atoms. The SMILES string of the molecule is Nc1nc2ccccc2cc1CN1CCCC(O)C1. The number of piperidine rings is 1. The molecule has 0 aliphatic carbocycles. The lowest BCUT2D eigenvalue weighted by molar-refractivity contribution is 0.0669. The first kappa shape index (κ1) is 12.4. The van der Waals surface area contributed by atoms with Crippen LogP contribution < -0.4 is 5.73 Å². The van der Waals surface area contributed by atoms with Gasteiger partial charge in [0.2, 0.25) is 0 Å². The lowest BCUT2D eigenvalue weighted by Gasteiger charge is -2.30. The van der Waals surface area contributed by atoms with Crippen molar-refractivity contribution >= 4 is 16.7 Å². The van der Waals surface area contributed by atoms with E-state index in [1.807, 2.05) is 18.2 Å². The van der Waals surface area contributed by atoms with Crippen molar-refractivity contribution in [2.75, 3.05) is 18.8 Å². The predicted octanol–water partition coefficient (Wildman–Crippen LogP) is 1.77. The predicted molar refractivity (Wildman–Crippen MR) is 76.7 cm³/mol. The van der Waals surface area contributed by atoms with Gasteiger partial charge >= 0.3 is 0 Å². The summed E-state index contributed by atoms with van der Waals surface area (Å²) in [5, 5.41) is 10.8. The standard InChI is InChI=1S/C15H19N3O/c16-15-12(9-18-7-3-5-13(19)10-18)8-11-4-1-2-6-14(11)17-15/h1-2,4,6,8,13,19H,3,5,7,9-10H2,(H2,16,17). The maximum Gasteiger partial charge on any atom is 0.128 e. The summed E-state index contributed by atoms with van der Waals surface area (Å²) in [5.41, 5.74) is 8.02. The van der Waals surface area contributed by atoms with E-state index in [0.717, 1.165) is 48.9 Å². The van der Waals surface area contributed by atoms with Crippen LogP contribution in [0.1, 0.15) is 18.4 Å². The molecule has 0 amide bonds. The average Bonchev–Trinajstić information content (AvgIpc) is 2.40. The van der Waals surface area contributed by atoms with Gasteiger partial charge in [0.15, 0.2) is 0 Å². The van der Waals surface area contributed by atoms with Crippen molar-refractivity contribution < 1.29 is 5.11 Å². The Morgan fingerprint density at radius 2 is 2.21 bits per heavy atom. The number of β-amino-alcohol motifs (C(OH)–C–C–N with tert-alkyl or cyclic N) is 1. The van der Waals surface area contributed by atoms with Crippen LogP contribution in [-0.2, 0) is 6.54 Å². The smallest absolute Gasteiger partial charge is 0.128 e. The van der Waals surface area contributed by atoms with E-state index in [1.165, 1.54) is 0 Å². The normalized spacial score (nSPS) is 20.8. The summed E-state index contributed by atoms with van der Waals surface area (Å²) in [6.45, 7) is 2.51. The number of pyridine rings is 1. The minimum atomic E-state index is -0.205. The molecule has 1 aliphatic rings. The molecule has 0 spiro atoms. The highest BCUT2D eigenvalue weighted by Crippen LogP contribution is 2.21. The Bertz CT molecular complexity index is 585. The Kier molecular flexibility index (Phi) is 3.36. The second kappa shape index (κ2) is 5.15. The van der Waals surface area contributed by atoms with Crippen molar-refractivity contribution in [3.8, 4) is 0 Å². The highest BCUT2D eigenvalue weighted by Gasteiger charge is 2.18. The number of benzene rings is 1. The Morgan fingerprint density at radius 1 is 1.37 bits per heavy atom. The van der Waals surface area contributed by atoms with Crippen molar-refractivity contribution in [2.24, 2.45) is 0 Å². The summed E-state index contributed by atoms with van der Waals surface area (Å²) in [5.74, 6) is 0.596. The summed E-state index contributed by atoms with van der Waals surface area (Å²) in [6, 6.07) is 10.1. The summed E-state index contributed by atoms with van der Waals surface area (Å²) in [4.78, 5) is 6.70. The number of nitrogens with two attached hydrogens (primary N) is 1. The van der Waals surface area contributed by atoms with Crippen molar-refractivity contribution in [1.82, 2.24) is 9.88 Å². The molecule has 19 heavy (non-hydrogen) atoms. The minimum Gasteiger partial charge on any atom is -0.392 e. The number of likely N-dealkylation sites (tertiary alicyclic amines) is 1. The number of hydrogen-bond donors (Lipinski definition) is 2. The molecule has 1 atom stereocenters. The van der Waals surface area contributed by atoms with E-state index in [1.54, 1.807) is 0 Å². The van der Waals surface area contributed by atoms with Gasteiger partial charge in [-0.15, -0.1) is 0 Å². The number of anilines is 1. The van der Waals surface area contributed by atoms with E-state index in [2.05, 4.69) is 22.0 Å². The highest BCUT2D eigenvalue weighted by molar-refractivity contribution is 5.81. The van der Waals surface area contributed by atoms with Gasteiger partial charge in [0.25, 0.3) is 0 Å². The molecular weight excluding hydrogens is 238 g/mol. The van der Waals surface area contributed by atoms with Gasteiger partial charge in [-0.1, -0.05) is 18.2 Å². The van der Waals surface area contributed by atoms with Gasteiger partial charge in [-0.3, -0.25) is 4.90 Å². The number of aromatic nitrogens is 1. The molecule has 0 saturated carbocycles. The number of hydrogen-bond acceptors (Lipinski definition) is 4. The van der Waals surface area contributed by atoms with Gasteiger partial charge in [0, 0.05) is 24.0 Å². The lowest BCUT2D eigenvalue weighted by atomic mass is 10.1. The maximum absolute atomic E-state index is 9.71. The lowest BCUT2D eigenvalue weighted by Crippen LogP contribution is -2.37. The third-order valence-corrected chi connectivity index (χ3v) is 3.71. The van der Waals surface area contributed by atoms with Crippen LogP contribution in [-0.4, -0.2) is 34.2 Å². The Labute approximate surface area is 112 Å². The van der Waals surface area contributed by atoms with Gasteiger partial charge in [-0.25, -0.2) is 4.98 Å². The zero-order chi connectivity index (χ0) is 13.2. The fourth-order valence-electron chi connectivity index (χ4n) is 2.72. The molecule has 0 radical (unpaired) electrons. The van der Waals surface area contributed by atoms with Crippen LogP contribution in [0.5, 0.6) is 0 Å². The van der Waals surface area contributed by atoms with Gasteiger partial charge < -0.3 is 10.8 Å². The first-order valence-electron chi connectivity index (χ1n) is 6.77.